The summed E-state index contributed by atoms with van der Waals surface area (Å²) >= 11 is 4.85. The molecular formula is C53H22F4N6O6S4. The Morgan fingerprint density at radius 1 is 0.630 bits per heavy atom. The Bertz CT molecular complexity index is 4090. The van der Waals surface area contributed by atoms with E-state index in [4.69, 9.17) is 14.5 Å². The summed E-state index contributed by atoms with van der Waals surface area (Å²) in [6, 6.07) is 28.6. The Morgan fingerprint density at radius 2 is 1.16 bits per heavy atom. The number of carbonyl (C=O) groups excluding carboxylic acids is 3. The Morgan fingerprint density at radius 3 is 1.77 bits per heavy atom. The standard InChI is InChI=1S/C53H22F4N6O6S4/c54-31-11-27-29(13-33(31)56)44(64)42(39(27)25(17-58)18-59)62-37-15-35-41(53(37,51(66)68-21-23-7-3-1-4-8-23)52(67)69-22-24-9-5-2-6-10-24)47-49(70-35)50-48(73-47)46-36(71-50)16-38(72-46)63-43-40(26(19-60)20-61)28-12-32(55)34(57)14-30(28)45(43)65/h1-16,44,64H,21-22H2/b62-42-,63-43+. The fraction of sp³-hybridized carbons (Fsp3) is 0.0755. The van der Waals surface area contributed by atoms with Gasteiger partial charge in [0, 0.05) is 37.4 Å². The third-order valence-electron chi connectivity index (χ3n) is 12.3. The van der Waals surface area contributed by atoms with E-state index in [0.29, 0.717) is 51.6 Å². The lowest BCUT2D eigenvalue weighted by atomic mass is 9.81. The summed E-state index contributed by atoms with van der Waals surface area (Å²) in [7, 11) is 0. The van der Waals surface area contributed by atoms with Gasteiger partial charge in [0.1, 0.15) is 65.5 Å². The number of benzene rings is 4. The topological polar surface area (TPSA) is 210 Å². The lowest BCUT2D eigenvalue weighted by molar-refractivity contribution is -0.164. The lowest BCUT2D eigenvalue weighted by Crippen LogP contribution is -2.46. The van der Waals surface area contributed by atoms with Crippen LogP contribution in [-0.4, -0.2) is 34.3 Å². The second-order valence-corrected chi connectivity index (χ2v) is 20.5. The van der Waals surface area contributed by atoms with E-state index in [-0.39, 0.29) is 68.6 Å². The average Bonchev–Trinajstić information content (AvgIpc) is 4.27. The first-order valence-corrected chi connectivity index (χ1v) is 24.6. The van der Waals surface area contributed by atoms with Gasteiger partial charge in [0.05, 0.1) is 34.9 Å². The number of aliphatic hydroxyl groups is 1. The van der Waals surface area contributed by atoms with Crippen LogP contribution in [0.15, 0.2) is 118 Å². The zero-order valence-electron chi connectivity index (χ0n) is 36.5. The summed E-state index contributed by atoms with van der Waals surface area (Å²) < 4.78 is 74.4. The smallest absolute Gasteiger partial charge is 0.334 e. The first-order chi connectivity index (χ1) is 35.3. The van der Waals surface area contributed by atoms with Crippen molar-refractivity contribution in [3.8, 4) is 24.3 Å². The van der Waals surface area contributed by atoms with Gasteiger partial charge in [-0.3, -0.25) is 19.4 Å². The molecule has 4 aromatic carbocycles. The van der Waals surface area contributed by atoms with Gasteiger partial charge in [-0.25, -0.2) is 22.6 Å². The second kappa shape index (κ2) is 17.8. The number of halogens is 4. The Labute approximate surface area is 424 Å². The third-order valence-corrected chi connectivity index (χ3v) is 17.5. The second-order valence-electron chi connectivity index (χ2n) is 16.3. The molecule has 0 spiro atoms. The van der Waals surface area contributed by atoms with Crippen molar-refractivity contribution in [3.63, 3.8) is 0 Å². The van der Waals surface area contributed by atoms with E-state index in [0.717, 1.165) is 28.2 Å². The molecule has 1 unspecified atom stereocenters. The molecule has 3 aliphatic rings. The molecular weight excluding hydrogens is 1020 g/mol. The van der Waals surface area contributed by atoms with Gasteiger partial charge in [-0.2, -0.15) is 21.0 Å². The van der Waals surface area contributed by atoms with Crippen molar-refractivity contribution in [1.82, 2.24) is 0 Å². The van der Waals surface area contributed by atoms with Gasteiger partial charge < -0.3 is 14.6 Å². The molecule has 3 aliphatic carbocycles. The van der Waals surface area contributed by atoms with Crippen LogP contribution < -0.4 is 0 Å². The number of nitrogens with zero attached hydrogens (tertiary/aromatic N) is 6. The van der Waals surface area contributed by atoms with Crippen LogP contribution in [0.3, 0.4) is 0 Å². The van der Waals surface area contributed by atoms with E-state index in [1.165, 1.54) is 40.1 Å². The number of rotatable bonds is 8. The van der Waals surface area contributed by atoms with E-state index in [2.05, 4.69) is 4.99 Å². The summed E-state index contributed by atoms with van der Waals surface area (Å²) in [5, 5.41) is 51.9. The van der Waals surface area contributed by atoms with Crippen molar-refractivity contribution in [1.29, 1.82) is 21.0 Å². The zero-order valence-corrected chi connectivity index (χ0v) is 39.8. The molecule has 0 bridgehead atoms. The van der Waals surface area contributed by atoms with E-state index < -0.39 is 69.4 Å². The quantitative estimate of drug-likeness (QED) is 0.0658. The van der Waals surface area contributed by atoms with Gasteiger partial charge in [0.25, 0.3) is 0 Å². The number of allylic oxidation sites excluding steroid dienone is 3. The number of ketones is 1. The fourth-order valence-corrected chi connectivity index (χ4v) is 14.8. The number of thiophene rings is 4. The van der Waals surface area contributed by atoms with Crippen molar-refractivity contribution in [2.24, 2.45) is 9.98 Å². The Kier molecular flexibility index (Phi) is 11.4. The number of esters is 2. The maximum atomic E-state index is 15.4. The van der Waals surface area contributed by atoms with Gasteiger partial charge in [0.2, 0.25) is 11.2 Å². The molecule has 20 heteroatoms. The van der Waals surface area contributed by atoms with Gasteiger partial charge >= 0.3 is 11.9 Å². The molecule has 0 radical (unpaired) electrons. The van der Waals surface area contributed by atoms with Gasteiger partial charge in [0.15, 0.2) is 23.3 Å². The summed E-state index contributed by atoms with van der Waals surface area (Å²) in [5.74, 6) is -8.39. The summed E-state index contributed by atoms with van der Waals surface area (Å²) in [6.45, 7) is -0.659. The number of ether oxygens (including phenoxy) is 2. The number of Topliss-reactive ketones (excluding diaryl/α,β-unsaturated/α-hetero) is 1. The molecule has 12 nitrogen and oxygen atoms in total. The van der Waals surface area contributed by atoms with Crippen molar-refractivity contribution in [2.75, 3.05) is 0 Å². The molecule has 4 heterocycles. The van der Waals surface area contributed by atoms with E-state index in [1.54, 1.807) is 91.0 Å². The molecule has 11 rings (SSSR count). The van der Waals surface area contributed by atoms with Crippen molar-refractivity contribution in [2.45, 2.75) is 24.7 Å². The molecule has 1 atom stereocenters. The molecule has 0 aliphatic heterocycles. The Balaban J connectivity index is 1.11. The number of hydrogen-bond acceptors (Lipinski definition) is 16. The van der Waals surface area contributed by atoms with Crippen LogP contribution in [-0.2, 0) is 37.7 Å². The normalized spacial score (nSPS) is 16.3. The van der Waals surface area contributed by atoms with Crippen LogP contribution in [0.5, 0.6) is 0 Å². The first kappa shape index (κ1) is 46.6. The fourth-order valence-electron chi connectivity index (χ4n) is 9.02. The van der Waals surface area contributed by atoms with Crippen LogP contribution in [0.2, 0.25) is 0 Å². The van der Waals surface area contributed by atoms with Crippen LogP contribution in [0.25, 0.3) is 45.4 Å². The largest absolute Gasteiger partial charge is 0.459 e. The number of aliphatic hydroxyl groups excluding tert-OH is 1. The minimum absolute atomic E-state index is 0.110. The van der Waals surface area contributed by atoms with E-state index in [1.807, 2.05) is 0 Å². The van der Waals surface area contributed by atoms with Gasteiger partial charge in [-0.15, -0.1) is 45.3 Å². The SMILES string of the molecule is N#CC(C#N)=C1/C(=N\c2cc3sc4c5sc6c(c5sc4c3s2)C(C(=O)OCc2ccccc2)(C(=O)OCc2ccccc2)C(/N=C2/C(=C(C#N)C#N)c3cc(F)c(F)cc3C2O)=C6)C(=O)c2cc(F)c(F)cc21. The van der Waals surface area contributed by atoms with Gasteiger partial charge in [-0.05, 0) is 58.7 Å². The number of fused-ring (bicyclic) bond motifs is 9. The molecule has 8 aromatic rings. The number of hydrogen-bond donors (Lipinski definition) is 1. The van der Waals surface area contributed by atoms with Crippen LogP contribution >= 0.6 is 45.3 Å². The molecule has 1 N–H and O–H groups in total. The lowest BCUT2D eigenvalue weighted by Gasteiger charge is -2.28. The zero-order chi connectivity index (χ0) is 51.0. The highest BCUT2D eigenvalue weighted by Crippen LogP contribution is 2.59. The van der Waals surface area contributed by atoms with Crippen LogP contribution in [0.4, 0.5) is 22.6 Å². The Hall–Kier alpha value is -8.73. The highest BCUT2D eigenvalue weighted by atomic mass is 32.1. The molecule has 4 aromatic heterocycles. The molecule has 73 heavy (non-hydrogen) atoms. The summed E-state index contributed by atoms with van der Waals surface area (Å²) in [5.41, 5.74) is -5.16. The van der Waals surface area contributed by atoms with E-state index in [9.17, 15) is 48.5 Å². The minimum Gasteiger partial charge on any atom is -0.459 e. The van der Waals surface area contributed by atoms with Crippen molar-refractivity contribution < 1.29 is 46.5 Å². The predicted octanol–water partition coefficient (Wildman–Crippen LogP) is 11.8. The molecule has 0 amide bonds. The third kappa shape index (κ3) is 7.23. The van der Waals surface area contributed by atoms with Crippen LogP contribution in [0, 0.1) is 68.6 Å². The van der Waals surface area contributed by atoms with Crippen molar-refractivity contribution in [3.05, 3.63) is 175 Å². The van der Waals surface area contributed by atoms with Crippen molar-refractivity contribution >= 4 is 125 Å². The van der Waals surface area contributed by atoms with Crippen LogP contribution in [0.1, 0.15) is 54.7 Å². The monoisotopic (exact) mass is 1040 g/mol. The highest BCUT2D eigenvalue weighted by molar-refractivity contribution is 7.45. The number of aliphatic imine (C=N–C) groups is 2. The van der Waals surface area contributed by atoms with E-state index >= 15 is 9.59 Å². The molecule has 0 saturated carbocycles. The minimum atomic E-state index is -2.59. The summed E-state index contributed by atoms with van der Waals surface area (Å²) in [6.07, 6.45) is -0.451. The van der Waals surface area contributed by atoms with Gasteiger partial charge in [-0.1, -0.05) is 60.7 Å². The first-order valence-electron chi connectivity index (χ1n) is 21.4. The maximum absolute atomic E-state index is 15.4. The highest BCUT2D eigenvalue weighted by Gasteiger charge is 2.60. The number of carbonyl (C=O) groups is 3. The predicted molar refractivity (Wildman–Crippen MR) is 265 cm³/mol. The average molecular weight is 1040 g/mol. The molecule has 0 saturated heterocycles. The summed E-state index contributed by atoms with van der Waals surface area (Å²) in [4.78, 5) is 54.1. The maximum Gasteiger partial charge on any atom is 0.334 e. The number of nitriles is 4. The molecule has 352 valence electrons. The molecule has 0 fully saturated rings.